The largest absolute Gasteiger partial charge is 0.355 e. The van der Waals surface area contributed by atoms with Crippen molar-refractivity contribution < 1.29 is 22.4 Å². The van der Waals surface area contributed by atoms with Gasteiger partial charge in [0.05, 0.1) is 10.6 Å². The second-order valence-corrected chi connectivity index (χ2v) is 12.9. The highest BCUT2D eigenvalue weighted by atomic mass is 35.5. The number of amides is 2. The Bertz CT molecular complexity index is 1680. The number of nitrogens with one attached hydrogen (secondary N) is 1. The summed E-state index contributed by atoms with van der Waals surface area (Å²) in [4.78, 5) is 29.1. The molecule has 1 N–H and O–H groups in total. The number of halogens is 3. The normalized spacial score (nSPS) is 11.9. The lowest BCUT2D eigenvalue weighted by atomic mass is 10.0. The zero-order valence-corrected chi connectivity index (χ0v) is 26.5. The third-order valence-corrected chi connectivity index (χ3v) is 9.14. The van der Waals surface area contributed by atoms with E-state index in [0.29, 0.717) is 12.1 Å². The summed E-state index contributed by atoms with van der Waals surface area (Å²) in [6.45, 7) is 3.16. The molecule has 0 aromatic heterocycles. The Hall–Kier alpha value is -3.92. The van der Waals surface area contributed by atoms with Crippen molar-refractivity contribution in [3.63, 3.8) is 0 Å². The van der Waals surface area contributed by atoms with Gasteiger partial charge in [0.1, 0.15) is 18.4 Å². The van der Waals surface area contributed by atoms with Crippen LogP contribution in [0, 0.1) is 12.7 Å². The summed E-state index contributed by atoms with van der Waals surface area (Å²) >= 11 is 12.5. The first-order valence-electron chi connectivity index (χ1n) is 13.9. The van der Waals surface area contributed by atoms with Crippen molar-refractivity contribution in [3.05, 3.63) is 130 Å². The van der Waals surface area contributed by atoms with E-state index in [9.17, 15) is 22.4 Å². The molecular formula is C33H32Cl2FN3O4S. The van der Waals surface area contributed by atoms with E-state index in [1.807, 2.05) is 37.3 Å². The second kappa shape index (κ2) is 14.7. The highest BCUT2D eigenvalue weighted by molar-refractivity contribution is 7.92. The van der Waals surface area contributed by atoms with Crippen LogP contribution >= 0.6 is 23.2 Å². The van der Waals surface area contributed by atoms with Gasteiger partial charge in [-0.25, -0.2) is 12.8 Å². The highest BCUT2D eigenvalue weighted by Gasteiger charge is 2.34. The number of hydrogen-bond donors (Lipinski definition) is 1. The Balaban J connectivity index is 1.81. The van der Waals surface area contributed by atoms with Gasteiger partial charge in [-0.1, -0.05) is 83.4 Å². The Kier molecular flexibility index (Phi) is 11.0. The summed E-state index contributed by atoms with van der Waals surface area (Å²) in [5.74, 6) is -1.52. The number of anilines is 1. The minimum atomic E-state index is -4.31. The molecule has 11 heteroatoms. The maximum absolute atomic E-state index is 14.3. The number of sulfonamides is 1. The third-order valence-electron chi connectivity index (χ3n) is 6.91. The van der Waals surface area contributed by atoms with Crippen LogP contribution in [-0.4, -0.2) is 44.3 Å². The van der Waals surface area contributed by atoms with Crippen LogP contribution in [0.1, 0.15) is 23.6 Å². The molecule has 0 bridgehead atoms. The molecule has 0 fully saturated rings. The maximum Gasteiger partial charge on any atom is 0.264 e. The van der Waals surface area contributed by atoms with Crippen molar-refractivity contribution in [1.82, 2.24) is 10.2 Å². The van der Waals surface area contributed by atoms with Gasteiger partial charge in [-0.3, -0.25) is 13.9 Å². The fourth-order valence-corrected chi connectivity index (χ4v) is 6.59. The second-order valence-electron chi connectivity index (χ2n) is 10.2. The molecule has 0 radical (unpaired) electrons. The summed E-state index contributed by atoms with van der Waals surface area (Å²) in [5.41, 5.74) is 2.29. The number of nitrogens with zero attached hydrogens (tertiary/aromatic N) is 2. The van der Waals surface area contributed by atoms with E-state index in [1.54, 1.807) is 19.1 Å². The Morgan fingerprint density at radius 1 is 0.864 bits per heavy atom. The maximum atomic E-state index is 14.3. The van der Waals surface area contributed by atoms with Crippen molar-refractivity contribution >= 4 is 50.7 Å². The Morgan fingerprint density at radius 2 is 1.48 bits per heavy atom. The lowest BCUT2D eigenvalue weighted by Gasteiger charge is -2.34. The molecule has 0 aliphatic heterocycles. The molecule has 1 atom stereocenters. The van der Waals surface area contributed by atoms with Gasteiger partial charge in [0, 0.05) is 29.6 Å². The molecule has 2 amide bonds. The molecule has 4 aromatic rings. The highest BCUT2D eigenvalue weighted by Crippen LogP contribution is 2.30. The first-order chi connectivity index (χ1) is 21.0. The molecule has 7 nitrogen and oxygen atoms in total. The van der Waals surface area contributed by atoms with E-state index >= 15 is 0 Å². The van der Waals surface area contributed by atoms with Crippen LogP contribution in [0.4, 0.5) is 10.1 Å². The quantitative estimate of drug-likeness (QED) is 0.191. The molecule has 230 valence electrons. The smallest absolute Gasteiger partial charge is 0.264 e. The molecule has 44 heavy (non-hydrogen) atoms. The fourth-order valence-electron chi connectivity index (χ4n) is 4.68. The summed E-state index contributed by atoms with van der Waals surface area (Å²) in [6, 6.07) is 24.2. The summed E-state index contributed by atoms with van der Waals surface area (Å²) < 4.78 is 42.8. The van der Waals surface area contributed by atoms with Crippen molar-refractivity contribution in [2.75, 3.05) is 17.4 Å². The minimum absolute atomic E-state index is 0.0401. The molecule has 0 saturated heterocycles. The number of aryl methyl sites for hydroxylation is 1. The third kappa shape index (κ3) is 8.37. The van der Waals surface area contributed by atoms with Crippen molar-refractivity contribution in [1.29, 1.82) is 0 Å². The van der Waals surface area contributed by atoms with Gasteiger partial charge < -0.3 is 10.2 Å². The number of likely N-dealkylation sites (N-methyl/N-ethyl adjacent to an activating group) is 1. The SMILES string of the molecule is CCNC(=O)[C@@H](Cc1ccccc1)N(Cc1ccc(F)cc1)C(=O)CN(c1cc(Cl)cc(Cl)c1)S(=O)(=O)c1ccc(C)cc1. The molecular weight excluding hydrogens is 624 g/mol. The minimum Gasteiger partial charge on any atom is -0.355 e. The van der Waals surface area contributed by atoms with Gasteiger partial charge >= 0.3 is 0 Å². The van der Waals surface area contributed by atoms with Crippen molar-refractivity contribution in [3.8, 4) is 0 Å². The summed E-state index contributed by atoms with van der Waals surface area (Å²) in [5, 5.41) is 3.15. The molecule has 0 saturated carbocycles. The number of carbonyl (C=O) groups is 2. The van der Waals surface area contributed by atoms with Crippen molar-refractivity contribution in [2.45, 2.75) is 37.8 Å². The van der Waals surface area contributed by atoms with Crippen molar-refractivity contribution in [2.24, 2.45) is 0 Å². The first-order valence-corrected chi connectivity index (χ1v) is 16.1. The number of rotatable bonds is 12. The predicted molar refractivity (Wildman–Crippen MR) is 172 cm³/mol. The average Bonchev–Trinajstić information content (AvgIpc) is 2.98. The fraction of sp³-hybridized carbons (Fsp3) is 0.212. The standard InChI is InChI=1S/C33H32Cl2FN3O4S/c1-3-37-33(41)31(17-24-7-5-4-6-8-24)38(21-25-11-13-28(36)14-12-25)32(40)22-39(29-19-26(34)18-27(35)20-29)44(42,43)30-15-9-23(2)10-16-30/h4-16,18-20,31H,3,17,21-22H2,1-2H3,(H,37,41)/t31-/m1/s1. The zero-order chi connectivity index (χ0) is 31.9. The van der Waals surface area contributed by atoms with Gasteiger partial charge in [-0.2, -0.15) is 0 Å². The van der Waals surface area contributed by atoms with Crippen LogP contribution in [0.5, 0.6) is 0 Å². The molecule has 0 aliphatic carbocycles. The van der Waals surface area contributed by atoms with E-state index in [-0.39, 0.29) is 33.6 Å². The van der Waals surface area contributed by atoms with Gasteiger partial charge in [-0.15, -0.1) is 0 Å². The lowest BCUT2D eigenvalue weighted by Crippen LogP contribution is -2.53. The topological polar surface area (TPSA) is 86.8 Å². The van der Waals surface area contributed by atoms with E-state index in [4.69, 9.17) is 23.2 Å². The van der Waals surface area contributed by atoms with Gasteiger partial charge in [0.2, 0.25) is 11.8 Å². The summed E-state index contributed by atoms with van der Waals surface area (Å²) in [7, 11) is -4.31. The van der Waals surface area contributed by atoms with Crippen LogP contribution in [0.25, 0.3) is 0 Å². The number of hydrogen-bond acceptors (Lipinski definition) is 4. The van der Waals surface area contributed by atoms with E-state index in [1.165, 1.54) is 59.5 Å². The molecule has 0 spiro atoms. The first kappa shape index (κ1) is 33.0. The molecule has 0 unspecified atom stereocenters. The number of benzene rings is 4. The van der Waals surface area contributed by atoms with Gasteiger partial charge in [0.25, 0.3) is 10.0 Å². The Labute approximate surface area is 267 Å². The van der Waals surface area contributed by atoms with Crippen LogP contribution in [-0.2, 0) is 32.6 Å². The zero-order valence-electron chi connectivity index (χ0n) is 24.2. The monoisotopic (exact) mass is 655 g/mol. The van der Waals surface area contributed by atoms with Crippen LogP contribution in [0.15, 0.2) is 102 Å². The van der Waals surface area contributed by atoms with E-state index in [2.05, 4.69) is 5.32 Å². The molecule has 4 aromatic carbocycles. The van der Waals surface area contributed by atoms with E-state index < -0.39 is 40.2 Å². The number of carbonyl (C=O) groups excluding carboxylic acids is 2. The van der Waals surface area contributed by atoms with Crippen LogP contribution in [0.3, 0.4) is 0 Å². The lowest BCUT2D eigenvalue weighted by molar-refractivity contribution is -0.140. The summed E-state index contributed by atoms with van der Waals surface area (Å²) in [6.07, 6.45) is 0.160. The van der Waals surface area contributed by atoms with Gasteiger partial charge in [0.15, 0.2) is 0 Å². The van der Waals surface area contributed by atoms with Crippen LogP contribution < -0.4 is 9.62 Å². The van der Waals surface area contributed by atoms with Crippen LogP contribution in [0.2, 0.25) is 10.0 Å². The predicted octanol–water partition coefficient (Wildman–Crippen LogP) is 6.41. The average molecular weight is 657 g/mol. The van der Waals surface area contributed by atoms with E-state index in [0.717, 1.165) is 15.4 Å². The van der Waals surface area contributed by atoms with Gasteiger partial charge in [-0.05, 0) is 67.4 Å². The molecule has 0 heterocycles. The molecule has 4 rings (SSSR count). The molecule has 0 aliphatic rings. The Morgan fingerprint density at radius 3 is 2.07 bits per heavy atom.